The normalized spacial score (nSPS) is 12.6. The second-order valence-electron chi connectivity index (χ2n) is 17.8. The summed E-state index contributed by atoms with van der Waals surface area (Å²) < 4.78 is 0. The van der Waals surface area contributed by atoms with Crippen LogP contribution in [0.2, 0.25) is 0 Å². The van der Waals surface area contributed by atoms with Gasteiger partial charge in [0.1, 0.15) is 0 Å². The number of hydrogen-bond acceptors (Lipinski definition) is 3. The maximum atomic E-state index is 5.56. The van der Waals surface area contributed by atoms with Crippen LogP contribution in [0.25, 0.3) is 127 Å². The van der Waals surface area contributed by atoms with Crippen LogP contribution < -0.4 is 0 Å². The number of rotatable bonds is 7. The Bertz CT molecular complexity index is 3980. The molecule has 2 aromatic heterocycles. The maximum absolute atomic E-state index is 5.56. The first kappa shape index (κ1) is 39.6. The van der Waals surface area contributed by atoms with E-state index in [1.54, 1.807) is 0 Å². The summed E-state index contributed by atoms with van der Waals surface area (Å²) in [6, 6.07) is 76.6. The molecule has 0 saturated carbocycles. The van der Waals surface area contributed by atoms with Crippen molar-refractivity contribution in [1.82, 2.24) is 15.0 Å². The Morgan fingerprint density at radius 3 is 1.57 bits per heavy atom. The Labute approximate surface area is 395 Å². The second kappa shape index (κ2) is 16.6. The van der Waals surface area contributed by atoms with Crippen molar-refractivity contribution in [1.29, 1.82) is 0 Å². The first-order chi connectivity index (χ1) is 33.7. The third kappa shape index (κ3) is 7.04. The molecule has 3 heteroatoms. The molecule has 68 heavy (non-hydrogen) atoms. The van der Waals surface area contributed by atoms with Crippen LogP contribution in [0.1, 0.15) is 18.4 Å². The molecule has 0 spiro atoms. The van der Waals surface area contributed by atoms with Crippen LogP contribution in [0.3, 0.4) is 0 Å². The lowest BCUT2D eigenvalue weighted by Crippen LogP contribution is -1.95. The van der Waals surface area contributed by atoms with Crippen molar-refractivity contribution in [3.05, 3.63) is 242 Å². The van der Waals surface area contributed by atoms with Crippen molar-refractivity contribution in [2.45, 2.75) is 12.8 Å². The van der Waals surface area contributed by atoms with Crippen molar-refractivity contribution >= 4 is 59.7 Å². The van der Waals surface area contributed by atoms with Crippen LogP contribution in [-0.2, 0) is 0 Å². The minimum Gasteiger partial charge on any atom is -0.252 e. The molecule has 1 aliphatic carbocycles. The number of hydrogen-bond donors (Lipinski definition) is 0. The quantitative estimate of drug-likeness (QED) is 0.150. The summed E-state index contributed by atoms with van der Waals surface area (Å²) >= 11 is 0. The molecule has 2 heterocycles. The molecule has 0 saturated heterocycles. The van der Waals surface area contributed by atoms with E-state index >= 15 is 0 Å². The van der Waals surface area contributed by atoms with Crippen molar-refractivity contribution in [2.24, 2.45) is 0 Å². The summed E-state index contributed by atoms with van der Waals surface area (Å²) in [5, 5.41) is 9.39. The van der Waals surface area contributed by atoms with Crippen LogP contribution in [-0.4, -0.2) is 15.0 Å². The van der Waals surface area contributed by atoms with Crippen LogP contribution in [0, 0.1) is 0 Å². The monoisotopic (exact) mass is 865 g/mol. The van der Waals surface area contributed by atoms with Crippen LogP contribution in [0.15, 0.2) is 237 Å². The first-order valence-electron chi connectivity index (χ1n) is 23.5. The van der Waals surface area contributed by atoms with Crippen molar-refractivity contribution in [2.75, 3.05) is 0 Å². The highest BCUT2D eigenvalue weighted by Crippen LogP contribution is 2.41. The van der Waals surface area contributed by atoms with Gasteiger partial charge in [0.05, 0.1) is 34.3 Å². The molecule has 0 fully saturated rings. The van der Waals surface area contributed by atoms with Crippen LogP contribution in [0.5, 0.6) is 0 Å². The van der Waals surface area contributed by atoms with E-state index in [1.165, 1.54) is 54.6 Å². The van der Waals surface area contributed by atoms with Gasteiger partial charge in [0.15, 0.2) is 0 Å². The molecule has 0 bridgehead atoms. The third-order valence-electron chi connectivity index (χ3n) is 13.7. The van der Waals surface area contributed by atoms with Crippen LogP contribution >= 0.6 is 0 Å². The van der Waals surface area contributed by atoms with Gasteiger partial charge in [0.25, 0.3) is 0 Å². The van der Waals surface area contributed by atoms with E-state index in [1.807, 2.05) is 6.20 Å². The molecule has 3 nitrogen and oxygen atoms in total. The standard InChI is InChI=1S/C65H43N3/c1-3-16-42(17-4-1)44-30-32-45(33-31-44)61-39-49(47-22-15-21-46(34-47)43-18-5-2-6-19-43)40-62(67-61)51-35-50(60-38-48-20-7-8-23-53(48)54-24-9-10-27-57(54)60)36-52(37-51)63-41-66-64-58-28-13-11-25-55(58)56-26-12-14-29-59(56)65(64)68-63/h2-3,5-41H,1,4H2. The van der Waals surface area contributed by atoms with Crippen LogP contribution in [0.4, 0.5) is 0 Å². The fraction of sp³-hybridized carbons (Fsp3) is 0.0308. The predicted octanol–water partition coefficient (Wildman–Crippen LogP) is 17.4. The molecule has 0 N–H and O–H groups in total. The second-order valence-corrected chi connectivity index (χ2v) is 17.8. The fourth-order valence-corrected chi connectivity index (χ4v) is 10.3. The van der Waals surface area contributed by atoms with Crippen molar-refractivity contribution in [3.63, 3.8) is 0 Å². The Hall–Kier alpha value is -8.79. The lowest BCUT2D eigenvalue weighted by molar-refractivity contribution is 1.04. The van der Waals surface area contributed by atoms with Gasteiger partial charge in [-0.05, 0) is 132 Å². The average Bonchev–Trinajstić information content (AvgIpc) is 3.43. The molecule has 0 radical (unpaired) electrons. The molecule has 10 aromatic carbocycles. The van der Waals surface area contributed by atoms with Gasteiger partial charge in [-0.3, -0.25) is 4.98 Å². The Kier molecular flexibility index (Phi) is 9.64. The number of aromatic nitrogens is 3. The number of allylic oxidation sites excluding steroid dienone is 4. The highest BCUT2D eigenvalue weighted by atomic mass is 14.8. The average molecular weight is 866 g/mol. The van der Waals surface area contributed by atoms with E-state index < -0.39 is 0 Å². The summed E-state index contributed by atoms with van der Waals surface area (Å²) in [5.74, 6) is 0. The zero-order valence-electron chi connectivity index (χ0n) is 37.3. The summed E-state index contributed by atoms with van der Waals surface area (Å²) in [6.45, 7) is 0. The van der Waals surface area contributed by atoms with E-state index in [4.69, 9.17) is 15.0 Å². The van der Waals surface area contributed by atoms with E-state index in [-0.39, 0.29) is 0 Å². The highest BCUT2D eigenvalue weighted by molar-refractivity contribution is 6.23. The minimum absolute atomic E-state index is 0.805. The van der Waals surface area contributed by atoms with Gasteiger partial charge in [-0.1, -0.05) is 188 Å². The largest absolute Gasteiger partial charge is 0.252 e. The Balaban J connectivity index is 1.06. The SMILES string of the molecule is C1=CC(c2ccc(-c3cc(-c4cccc(-c5ccccc5)c4)cc(-c4cc(-c5cnc6c7ccccc7c7ccccc7c6n5)cc(-c5cc6ccccc6c6ccccc56)c4)n3)cc2)=CCC1. The van der Waals surface area contributed by atoms with E-state index in [9.17, 15) is 0 Å². The molecule has 12 aromatic rings. The highest BCUT2D eigenvalue weighted by Gasteiger charge is 2.18. The van der Waals surface area contributed by atoms with Gasteiger partial charge in [0.2, 0.25) is 0 Å². The molecule has 0 aliphatic heterocycles. The maximum Gasteiger partial charge on any atom is 0.0979 e. The third-order valence-corrected chi connectivity index (χ3v) is 13.7. The molecular weight excluding hydrogens is 823 g/mol. The number of benzene rings is 10. The van der Waals surface area contributed by atoms with Gasteiger partial charge < -0.3 is 0 Å². The summed E-state index contributed by atoms with van der Waals surface area (Å²) in [5.41, 5.74) is 16.7. The van der Waals surface area contributed by atoms with E-state index in [2.05, 4.69) is 231 Å². The van der Waals surface area contributed by atoms with Crippen molar-refractivity contribution in [3.8, 4) is 67.2 Å². The zero-order chi connectivity index (χ0) is 45.0. The Morgan fingerprint density at radius 1 is 0.309 bits per heavy atom. The van der Waals surface area contributed by atoms with Crippen molar-refractivity contribution < 1.29 is 0 Å². The predicted molar refractivity (Wildman–Crippen MR) is 286 cm³/mol. The van der Waals surface area contributed by atoms with E-state index in [0.717, 1.165) is 90.7 Å². The van der Waals surface area contributed by atoms with Gasteiger partial charge in [-0.2, -0.15) is 0 Å². The molecule has 0 atom stereocenters. The lowest BCUT2D eigenvalue weighted by Gasteiger charge is -2.16. The van der Waals surface area contributed by atoms with Gasteiger partial charge >= 0.3 is 0 Å². The number of nitrogens with zero attached hydrogens (tertiary/aromatic N) is 3. The number of pyridine rings is 1. The summed E-state index contributed by atoms with van der Waals surface area (Å²) in [4.78, 5) is 16.3. The van der Waals surface area contributed by atoms with Gasteiger partial charge in [-0.25, -0.2) is 9.97 Å². The topological polar surface area (TPSA) is 38.7 Å². The molecule has 1 aliphatic rings. The summed E-state index contributed by atoms with van der Waals surface area (Å²) in [7, 11) is 0. The van der Waals surface area contributed by atoms with E-state index in [0.29, 0.717) is 0 Å². The summed E-state index contributed by atoms with van der Waals surface area (Å²) in [6.07, 6.45) is 10.9. The smallest absolute Gasteiger partial charge is 0.0979 e. The molecule has 318 valence electrons. The lowest BCUT2D eigenvalue weighted by atomic mass is 9.90. The fourth-order valence-electron chi connectivity index (χ4n) is 10.3. The van der Waals surface area contributed by atoms with Gasteiger partial charge in [0, 0.05) is 27.5 Å². The Morgan fingerprint density at radius 2 is 0.853 bits per heavy atom. The number of fused-ring (bicyclic) bond motifs is 9. The zero-order valence-corrected chi connectivity index (χ0v) is 37.3. The van der Waals surface area contributed by atoms with Gasteiger partial charge in [-0.15, -0.1) is 0 Å². The molecule has 13 rings (SSSR count). The molecular formula is C65H43N3. The first-order valence-corrected chi connectivity index (χ1v) is 23.5. The molecule has 0 unspecified atom stereocenters. The molecule has 0 amide bonds. The minimum atomic E-state index is 0.805.